The second-order valence-electron chi connectivity index (χ2n) is 7.41. The lowest BCUT2D eigenvalue weighted by Gasteiger charge is -2.22. The highest BCUT2D eigenvalue weighted by molar-refractivity contribution is 7.91. The normalized spacial score (nSPS) is 14.7. The van der Waals surface area contributed by atoms with Gasteiger partial charge in [-0.3, -0.25) is 4.79 Å². The van der Waals surface area contributed by atoms with E-state index in [1.807, 2.05) is 0 Å². The number of anilines is 1. The second kappa shape index (κ2) is 10.8. The largest absolute Gasteiger partial charge is 0.384 e. The standard InChI is InChI=1S/C22H26ClN3O5S/c1-31-15-16-32(29,30)20-9-3-17(4-10-20)21(27)25-11-2-12-26(14-13-25)22(28)24-19-7-5-18(23)6-8-19/h3-10H,2,11-16H2,1H3,(H,24,28). The Balaban J connectivity index is 1.59. The van der Waals surface area contributed by atoms with Gasteiger partial charge in [-0.1, -0.05) is 11.6 Å². The van der Waals surface area contributed by atoms with Gasteiger partial charge in [0.05, 0.1) is 17.3 Å². The summed E-state index contributed by atoms with van der Waals surface area (Å²) in [7, 11) is -2.00. The lowest BCUT2D eigenvalue weighted by Crippen LogP contribution is -2.39. The van der Waals surface area contributed by atoms with Gasteiger partial charge in [0, 0.05) is 49.6 Å². The molecular weight excluding hydrogens is 454 g/mol. The molecule has 1 fully saturated rings. The minimum Gasteiger partial charge on any atom is -0.384 e. The molecule has 1 heterocycles. The Hall–Kier alpha value is -2.62. The van der Waals surface area contributed by atoms with Crippen LogP contribution < -0.4 is 5.32 Å². The van der Waals surface area contributed by atoms with E-state index >= 15 is 0 Å². The predicted molar refractivity (Wildman–Crippen MR) is 123 cm³/mol. The third-order valence-electron chi connectivity index (χ3n) is 5.18. The summed E-state index contributed by atoms with van der Waals surface area (Å²) in [4.78, 5) is 29.0. The van der Waals surface area contributed by atoms with Crippen LogP contribution in [0.2, 0.25) is 5.02 Å². The smallest absolute Gasteiger partial charge is 0.321 e. The van der Waals surface area contributed by atoms with Gasteiger partial charge in [0.2, 0.25) is 0 Å². The number of sulfone groups is 1. The summed E-state index contributed by atoms with van der Waals surface area (Å²) in [5.41, 5.74) is 1.06. The Morgan fingerprint density at radius 3 is 2.25 bits per heavy atom. The molecule has 1 aliphatic heterocycles. The Morgan fingerprint density at radius 2 is 1.59 bits per heavy atom. The van der Waals surface area contributed by atoms with E-state index in [-0.39, 0.29) is 29.2 Å². The van der Waals surface area contributed by atoms with Crippen LogP contribution in [-0.2, 0) is 14.6 Å². The number of carbonyl (C=O) groups excluding carboxylic acids is 2. The molecule has 2 aromatic rings. The number of urea groups is 1. The molecule has 3 rings (SSSR count). The summed E-state index contributed by atoms with van der Waals surface area (Å²) in [6, 6.07) is 12.6. The van der Waals surface area contributed by atoms with E-state index in [0.29, 0.717) is 48.9 Å². The van der Waals surface area contributed by atoms with Gasteiger partial charge in [-0.2, -0.15) is 0 Å². The summed E-state index contributed by atoms with van der Waals surface area (Å²) in [5.74, 6) is -0.303. The Labute approximate surface area is 193 Å². The van der Waals surface area contributed by atoms with Crippen molar-refractivity contribution in [1.82, 2.24) is 9.80 Å². The van der Waals surface area contributed by atoms with Crippen molar-refractivity contribution in [3.05, 3.63) is 59.1 Å². The van der Waals surface area contributed by atoms with Crippen LogP contribution in [0.15, 0.2) is 53.4 Å². The van der Waals surface area contributed by atoms with Crippen LogP contribution in [0.5, 0.6) is 0 Å². The highest BCUT2D eigenvalue weighted by Gasteiger charge is 2.23. The van der Waals surface area contributed by atoms with E-state index < -0.39 is 9.84 Å². The van der Waals surface area contributed by atoms with Gasteiger partial charge in [0.25, 0.3) is 5.91 Å². The van der Waals surface area contributed by atoms with E-state index in [0.717, 1.165) is 0 Å². The number of carbonyl (C=O) groups is 2. The van der Waals surface area contributed by atoms with Crippen LogP contribution in [0.1, 0.15) is 16.8 Å². The first-order valence-electron chi connectivity index (χ1n) is 10.2. The zero-order valence-electron chi connectivity index (χ0n) is 17.8. The maximum atomic E-state index is 12.9. The van der Waals surface area contributed by atoms with Crippen molar-refractivity contribution in [2.45, 2.75) is 11.3 Å². The molecule has 0 aromatic heterocycles. The fourth-order valence-corrected chi connectivity index (χ4v) is 4.66. The van der Waals surface area contributed by atoms with Crippen LogP contribution >= 0.6 is 11.6 Å². The molecule has 0 aliphatic carbocycles. The maximum absolute atomic E-state index is 12.9. The molecular formula is C22H26ClN3O5S. The number of nitrogens with zero attached hydrogens (tertiary/aromatic N) is 2. The Bertz CT molecular complexity index is 1040. The number of halogens is 1. The zero-order chi connectivity index (χ0) is 23.1. The molecule has 3 amide bonds. The van der Waals surface area contributed by atoms with Crippen molar-refractivity contribution in [3.8, 4) is 0 Å². The third-order valence-corrected chi connectivity index (χ3v) is 7.13. The molecule has 10 heteroatoms. The molecule has 0 spiro atoms. The molecule has 0 bridgehead atoms. The van der Waals surface area contributed by atoms with E-state index in [1.165, 1.54) is 31.4 Å². The molecule has 0 saturated carbocycles. The molecule has 172 valence electrons. The monoisotopic (exact) mass is 479 g/mol. The van der Waals surface area contributed by atoms with Crippen molar-refractivity contribution in [2.24, 2.45) is 0 Å². The Kier molecular flexibility index (Phi) is 8.11. The van der Waals surface area contributed by atoms with Crippen LogP contribution in [-0.4, -0.2) is 75.8 Å². The lowest BCUT2D eigenvalue weighted by atomic mass is 10.2. The summed E-state index contributed by atoms with van der Waals surface area (Å²) in [6.07, 6.45) is 0.642. The van der Waals surface area contributed by atoms with E-state index in [2.05, 4.69) is 5.32 Å². The fourth-order valence-electron chi connectivity index (χ4n) is 3.36. The van der Waals surface area contributed by atoms with E-state index in [1.54, 1.807) is 34.1 Å². The minimum absolute atomic E-state index is 0.110. The SMILES string of the molecule is COCCS(=O)(=O)c1ccc(C(=O)N2CCCN(C(=O)Nc3ccc(Cl)cc3)CC2)cc1. The number of amides is 3. The van der Waals surface area contributed by atoms with Gasteiger partial charge in [-0.25, -0.2) is 13.2 Å². The van der Waals surface area contributed by atoms with Gasteiger partial charge in [0.1, 0.15) is 0 Å². The van der Waals surface area contributed by atoms with Crippen LogP contribution in [0.4, 0.5) is 10.5 Å². The van der Waals surface area contributed by atoms with Crippen molar-refractivity contribution < 1.29 is 22.7 Å². The first kappa shape index (κ1) is 24.0. The number of benzene rings is 2. The molecule has 1 N–H and O–H groups in total. The molecule has 1 saturated heterocycles. The Morgan fingerprint density at radius 1 is 0.969 bits per heavy atom. The summed E-state index contributed by atoms with van der Waals surface area (Å²) in [5, 5.41) is 3.43. The van der Waals surface area contributed by atoms with Crippen molar-refractivity contribution in [2.75, 3.05) is 51.0 Å². The van der Waals surface area contributed by atoms with Crippen molar-refractivity contribution in [1.29, 1.82) is 0 Å². The minimum atomic E-state index is -3.45. The molecule has 0 atom stereocenters. The molecule has 8 nitrogen and oxygen atoms in total. The first-order valence-corrected chi connectivity index (χ1v) is 12.3. The average molecular weight is 480 g/mol. The van der Waals surface area contributed by atoms with Crippen LogP contribution in [0, 0.1) is 0 Å². The van der Waals surface area contributed by atoms with Crippen LogP contribution in [0.3, 0.4) is 0 Å². The van der Waals surface area contributed by atoms with E-state index in [4.69, 9.17) is 16.3 Å². The number of rotatable bonds is 6. The number of methoxy groups -OCH3 is 1. The predicted octanol–water partition coefficient (Wildman–Crippen LogP) is 3.14. The third kappa shape index (κ3) is 6.21. The molecule has 32 heavy (non-hydrogen) atoms. The van der Waals surface area contributed by atoms with Gasteiger partial charge >= 0.3 is 6.03 Å². The highest BCUT2D eigenvalue weighted by Crippen LogP contribution is 2.17. The van der Waals surface area contributed by atoms with Crippen molar-refractivity contribution in [3.63, 3.8) is 0 Å². The summed E-state index contributed by atoms with van der Waals surface area (Å²) in [6.45, 7) is 1.94. The fraction of sp³-hybridized carbons (Fsp3) is 0.364. The summed E-state index contributed by atoms with van der Waals surface area (Å²) >= 11 is 5.87. The van der Waals surface area contributed by atoms with Gasteiger partial charge in [0.15, 0.2) is 9.84 Å². The van der Waals surface area contributed by atoms with Crippen molar-refractivity contribution >= 4 is 39.1 Å². The number of ether oxygens (including phenoxy) is 1. The molecule has 0 radical (unpaired) electrons. The number of hydrogen-bond acceptors (Lipinski definition) is 5. The maximum Gasteiger partial charge on any atom is 0.321 e. The van der Waals surface area contributed by atoms with Gasteiger partial charge < -0.3 is 19.9 Å². The van der Waals surface area contributed by atoms with Crippen LogP contribution in [0.25, 0.3) is 0 Å². The van der Waals surface area contributed by atoms with E-state index in [9.17, 15) is 18.0 Å². The zero-order valence-corrected chi connectivity index (χ0v) is 19.4. The summed E-state index contributed by atoms with van der Waals surface area (Å²) < 4.78 is 29.3. The second-order valence-corrected chi connectivity index (χ2v) is 9.95. The lowest BCUT2D eigenvalue weighted by molar-refractivity contribution is 0.0762. The molecule has 1 aliphatic rings. The number of hydrogen-bond donors (Lipinski definition) is 1. The average Bonchev–Trinajstić information content (AvgIpc) is 3.05. The topological polar surface area (TPSA) is 96.0 Å². The number of nitrogens with one attached hydrogen (secondary N) is 1. The quantitative estimate of drug-likeness (QED) is 0.686. The molecule has 0 unspecified atom stereocenters. The van der Waals surface area contributed by atoms with Gasteiger partial charge in [-0.15, -0.1) is 0 Å². The first-order chi connectivity index (χ1) is 15.3. The van der Waals surface area contributed by atoms with Gasteiger partial charge in [-0.05, 0) is 55.0 Å². The molecule has 2 aromatic carbocycles. The highest BCUT2D eigenvalue weighted by atomic mass is 35.5.